The Balaban J connectivity index is 1.88. The van der Waals surface area contributed by atoms with Gasteiger partial charge in [0.15, 0.2) is 5.82 Å². The predicted molar refractivity (Wildman–Crippen MR) is 83.9 cm³/mol. The summed E-state index contributed by atoms with van der Waals surface area (Å²) in [6, 6.07) is 9.53. The predicted octanol–water partition coefficient (Wildman–Crippen LogP) is 2.14. The van der Waals surface area contributed by atoms with E-state index in [2.05, 4.69) is 9.97 Å². The summed E-state index contributed by atoms with van der Waals surface area (Å²) in [5.74, 6) is -0.771. The number of carbonyl (C=O) groups excluding carboxylic acids is 1. The Morgan fingerprint density at radius 2 is 1.96 bits per heavy atom. The zero-order chi connectivity index (χ0) is 16.4. The second kappa shape index (κ2) is 6.16. The van der Waals surface area contributed by atoms with Crippen LogP contribution in [0.2, 0.25) is 0 Å². The Morgan fingerprint density at radius 1 is 1.26 bits per heavy atom. The molecule has 1 N–H and O–H groups in total. The maximum atomic E-state index is 12.6. The molecule has 1 saturated carbocycles. The van der Waals surface area contributed by atoms with Crippen LogP contribution in [0.3, 0.4) is 0 Å². The van der Waals surface area contributed by atoms with Gasteiger partial charge in [-0.3, -0.25) is 9.59 Å². The number of rotatable bonds is 5. The molecule has 1 heterocycles. The maximum Gasteiger partial charge on any atom is 0.323 e. The molecular weight excluding hydrogens is 294 g/mol. The zero-order valence-corrected chi connectivity index (χ0v) is 12.8. The van der Waals surface area contributed by atoms with Gasteiger partial charge in [-0.05, 0) is 19.8 Å². The number of carboxylic acids is 1. The molecule has 1 aromatic heterocycles. The zero-order valence-electron chi connectivity index (χ0n) is 12.8. The first-order valence-corrected chi connectivity index (χ1v) is 7.48. The molecule has 1 fully saturated rings. The summed E-state index contributed by atoms with van der Waals surface area (Å²) < 4.78 is 0. The third-order valence-corrected chi connectivity index (χ3v) is 3.80. The summed E-state index contributed by atoms with van der Waals surface area (Å²) in [5, 5.41) is 8.99. The molecule has 2 aromatic rings. The van der Waals surface area contributed by atoms with E-state index in [0.717, 1.165) is 18.4 Å². The molecule has 1 aliphatic rings. The van der Waals surface area contributed by atoms with Crippen LogP contribution in [0.5, 0.6) is 0 Å². The van der Waals surface area contributed by atoms with Crippen LogP contribution in [-0.2, 0) is 4.79 Å². The normalized spacial score (nSPS) is 13.6. The van der Waals surface area contributed by atoms with Gasteiger partial charge in [-0.15, -0.1) is 0 Å². The van der Waals surface area contributed by atoms with Crippen molar-refractivity contribution in [1.29, 1.82) is 0 Å². The highest BCUT2D eigenvalue weighted by Gasteiger charge is 2.35. The molecule has 23 heavy (non-hydrogen) atoms. The van der Waals surface area contributed by atoms with Crippen molar-refractivity contribution in [3.63, 3.8) is 0 Å². The van der Waals surface area contributed by atoms with Crippen molar-refractivity contribution in [2.24, 2.45) is 0 Å². The maximum absolute atomic E-state index is 12.6. The minimum absolute atomic E-state index is 0.0202. The molecule has 6 heteroatoms. The molecule has 3 rings (SSSR count). The van der Waals surface area contributed by atoms with E-state index in [9.17, 15) is 9.59 Å². The van der Waals surface area contributed by atoms with Crippen LogP contribution in [-0.4, -0.2) is 44.4 Å². The van der Waals surface area contributed by atoms with Crippen molar-refractivity contribution in [2.75, 3.05) is 6.54 Å². The van der Waals surface area contributed by atoms with Crippen LogP contribution in [0, 0.1) is 6.92 Å². The number of carboxylic acid groups (broad SMARTS) is 1. The summed E-state index contributed by atoms with van der Waals surface area (Å²) in [7, 11) is 0. The van der Waals surface area contributed by atoms with E-state index in [1.165, 1.54) is 11.1 Å². The van der Waals surface area contributed by atoms with Gasteiger partial charge in [0.2, 0.25) is 0 Å². The van der Waals surface area contributed by atoms with Gasteiger partial charge in [0, 0.05) is 17.8 Å². The number of hydrogen-bond donors (Lipinski definition) is 1. The largest absolute Gasteiger partial charge is 0.480 e. The number of carbonyl (C=O) groups is 2. The van der Waals surface area contributed by atoms with Crippen molar-refractivity contribution in [3.8, 4) is 11.4 Å². The number of aryl methyl sites for hydroxylation is 1. The number of nitrogens with zero attached hydrogens (tertiary/aromatic N) is 3. The van der Waals surface area contributed by atoms with E-state index < -0.39 is 5.97 Å². The summed E-state index contributed by atoms with van der Waals surface area (Å²) in [6.45, 7) is 1.45. The van der Waals surface area contributed by atoms with Gasteiger partial charge in [0.25, 0.3) is 5.91 Å². The average Bonchev–Trinajstić information content (AvgIpc) is 3.37. The molecule has 0 spiro atoms. The number of amides is 1. The fraction of sp³-hybridized carbons (Fsp3) is 0.294. The molecule has 0 radical (unpaired) electrons. The lowest BCUT2D eigenvalue weighted by molar-refractivity contribution is -0.137. The molecule has 118 valence electrons. The van der Waals surface area contributed by atoms with E-state index in [1.54, 1.807) is 6.92 Å². The Bertz CT molecular complexity index is 742. The molecule has 1 aromatic carbocycles. The van der Waals surface area contributed by atoms with Gasteiger partial charge in [-0.2, -0.15) is 0 Å². The molecular formula is C17H17N3O3. The third-order valence-electron chi connectivity index (χ3n) is 3.80. The van der Waals surface area contributed by atoms with Crippen LogP contribution in [0.15, 0.2) is 36.5 Å². The van der Waals surface area contributed by atoms with Gasteiger partial charge in [0.05, 0.1) is 11.3 Å². The topological polar surface area (TPSA) is 83.4 Å². The lowest BCUT2D eigenvalue weighted by atomic mass is 10.1. The second-order valence-corrected chi connectivity index (χ2v) is 5.62. The first-order valence-electron chi connectivity index (χ1n) is 7.48. The first-order chi connectivity index (χ1) is 11.1. The standard InChI is InChI=1S/C17H17N3O3/c1-11-14(17(23)20(10-15(21)22)13-7-8-13)9-18-16(19-11)12-5-3-2-4-6-12/h2-6,9,13H,7-8,10H2,1H3,(H,21,22). The van der Waals surface area contributed by atoms with Crippen molar-refractivity contribution < 1.29 is 14.7 Å². The quantitative estimate of drug-likeness (QED) is 0.914. The van der Waals surface area contributed by atoms with Crippen molar-refractivity contribution in [1.82, 2.24) is 14.9 Å². The number of benzene rings is 1. The Morgan fingerprint density at radius 3 is 2.52 bits per heavy atom. The Labute approximate surface area is 133 Å². The van der Waals surface area contributed by atoms with Gasteiger partial charge in [0.1, 0.15) is 6.54 Å². The first kappa shape index (κ1) is 15.1. The van der Waals surface area contributed by atoms with E-state index in [0.29, 0.717) is 17.1 Å². The lowest BCUT2D eigenvalue weighted by Crippen LogP contribution is -2.38. The Kier molecular flexibility index (Phi) is 4.06. The van der Waals surface area contributed by atoms with E-state index >= 15 is 0 Å². The van der Waals surface area contributed by atoms with Crippen LogP contribution in [0.25, 0.3) is 11.4 Å². The molecule has 0 aliphatic heterocycles. The highest BCUT2D eigenvalue weighted by atomic mass is 16.4. The molecule has 0 saturated heterocycles. The molecule has 0 unspecified atom stereocenters. The van der Waals surface area contributed by atoms with E-state index in [4.69, 9.17) is 5.11 Å². The van der Waals surface area contributed by atoms with Crippen molar-refractivity contribution in [2.45, 2.75) is 25.8 Å². The summed E-state index contributed by atoms with van der Waals surface area (Å²) in [5.41, 5.74) is 1.79. The van der Waals surface area contributed by atoms with Gasteiger partial charge in [-0.25, -0.2) is 9.97 Å². The third kappa shape index (κ3) is 3.36. The van der Waals surface area contributed by atoms with Gasteiger partial charge < -0.3 is 10.0 Å². The fourth-order valence-corrected chi connectivity index (χ4v) is 2.46. The number of aromatic nitrogens is 2. The molecule has 6 nitrogen and oxygen atoms in total. The minimum atomic E-state index is -1.01. The summed E-state index contributed by atoms with van der Waals surface area (Å²) in [6.07, 6.45) is 3.19. The van der Waals surface area contributed by atoms with Crippen LogP contribution in [0.1, 0.15) is 28.9 Å². The highest BCUT2D eigenvalue weighted by molar-refractivity contribution is 5.97. The van der Waals surface area contributed by atoms with Gasteiger partial charge in [-0.1, -0.05) is 30.3 Å². The number of hydrogen-bond acceptors (Lipinski definition) is 4. The van der Waals surface area contributed by atoms with Crippen molar-refractivity contribution >= 4 is 11.9 Å². The lowest BCUT2D eigenvalue weighted by Gasteiger charge is -2.20. The van der Waals surface area contributed by atoms with Gasteiger partial charge >= 0.3 is 5.97 Å². The van der Waals surface area contributed by atoms with Crippen LogP contribution in [0.4, 0.5) is 0 Å². The van der Waals surface area contributed by atoms with E-state index in [1.807, 2.05) is 30.3 Å². The smallest absolute Gasteiger partial charge is 0.323 e. The molecule has 1 aliphatic carbocycles. The van der Waals surface area contributed by atoms with E-state index in [-0.39, 0.29) is 18.5 Å². The average molecular weight is 311 g/mol. The monoisotopic (exact) mass is 311 g/mol. The minimum Gasteiger partial charge on any atom is -0.480 e. The van der Waals surface area contributed by atoms with Crippen LogP contribution >= 0.6 is 0 Å². The highest BCUT2D eigenvalue weighted by Crippen LogP contribution is 2.28. The summed E-state index contributed by atoms with van der Waals surface area (Å²) in [4.78, 5) is 33.7. The Hall–Kier alpha value is -2.76. The number of aliphatic carboxylic acids is 1. The molecule has 0 bridgehead atoms. The SMILES string of the molecule is Cc1nc(-c2ccccc2)ncc1C(=O)N(CC(=O)O)C1CC1. The fourth-order valence-electron chi connectivity index (χ4n) is 2.46. The molecule has 0 atom stereocenters. The summed E-state index contributed by atoms with van der Waals surface area (Å²) >= 11 is 0. The van der Waals surface area contributed by atoms with Crippen LogP contribution < -0.4 is 0 Å². The second-order valence-electron chi connectivity index (χ2n) is 5.62. The van der Waals surface area contributed by atoms with Crippen molar-refractivity contribution in [3.05, 3.63) is 47.8 Å². The molecule has 1 amide bonds.